The molecule has 22 heavy (non-hydrogen) atoms. The highest BCUT2D eigenvalue weighted by Crippen LogP contribution is 2.31. The van der Waals surface area contributed by atoms with Crippen LogP contribution in [0.2, 0.25) is 0 Å². The Labute approximate surface area is 137 Å². The summed E-state index contributed by atoms with van der Waals surface area (Å²) in [5.41, 5.74) is -0.710. The first kappa shape index (κ1) is 20.9. The quantitative estimate of drug-likeness (QED) is 0.661. The van der Waals surface area contributed by atoms with Crippen molar-refractivity contribution >= 4 is 30.5 Å². The van der Waals surface area contributed by atoms with E-state index in [4.69, 9.17) is 0 Å². The highest BCUT2D eigenvalue weighted by atomic mass is 35.5. The molecule has 0 radical (unpaired) electrons. The first-order valence-corrected chi connectivity index (χ1v) is 6.17. The minimum absolute atomic E-state index is 0. The third-order valence-corrected chi connectivity index (χ3v) is 3.29. The van der Waals surface area contributed by atoms with E-state index in [1.54, 1.807) is 4.90 Å². The molecular weight excluding hydrogens is 346 g/mol. The van der Waals surface area contributed by atoms with Crippen LogP contribution in [0.1, 0.15) is 11.6 Å². The summed E-state index contributed by atoms with van der Waals surface area (Å²) in [5.74, 6) is -1.02. The fraction of sp³-hybridized carbons (Fsp3) is 0.500. The largest absolute Gasteiger partial charge is 0.314 e. The lowest BCUT2D eigenvalue weighted by atomic mass is 10.0. The molecule has 1 aliphatic rings. The number of benzene rings is 1. The average Bonchev–Trinajstić information content (AvgIpc) is 2.41. The molecule has 1 saturated heterocycles. The third kappa shape index (κ3) is 4.70. The summed E-state index contributed by atoms with van der Waals surface area (Å²) in [7, 11) is 0. The van der Waals surface area contributed by atoms with Crippen molar-refractivity contribution in [2.24, 2.45) is 0 Å². The topological polar surface area (TPSA) is 58.4 Å². The van der Waals surface area contributed by atoms with E-state index in [1.807, 2.05) is 0 Å². The Bertz CT molecular complexity index is 503. The molecule has 126 valence electrons. The van der Waals surface area contributed by atoms with Gasteiger partial charge in [0.1, 0.15) is 0 Å². The normalized spacial score (nSPS) is 16.5. The summed E-state index contributed by atoms with van der Waals surface area (Å²) in [4.78, 5) is 11.3. The number of nitrogens with one attached hydrogen (secondary N) is 1. The molecule has 1 heterocycles. The van der Waals surface area contributed by atoms with Gasteiger partial charge in [-0.2, -0.15) is 4.39 Å². The molecule has 5 nitrogen and oxygen atoms in total. The molecule has 0 saturated carbocycles. The van der Waals surface area contributed by atoms with Gasteiger partial charge in [-0.15, -0.1) is 24.8 Å². The molecule has 0 unspecified atom stereocenters. The maximum atomic E-state index is 13.3. The minimum Gasteiger partial charge on any atom is -0.314 e. The predicted molar refractivity (Wildman–Crippen MR) is 80.7 cm³/mol. The number of rotatable bonds is 4. The van der Waals surface area contributed by atoms with Crippen molar-refractivity contribution in [1.82, 2.24) is 10.2 Å². The van der Waals surface area contributed by atoms with Gasteiger partial charge in [-0.1, -0.05) is 6.07 Å². The number of alkyl halides is 2. The molecule has 10 heteroatoms. The minimum atomic E-state index is -2.70. The van der Waals surface area contributed by atoms with E-state index >= 15 is 0 Å². The number of halogens is 5. The lowest BCUT2D eigenvalue weighted by Gasteiger charge is -2.34. The SMILES string of the molecule is Cl.Cl.O=[N+]([O-])c1cc([C@@H](C(F)F)N2CCNCC2)ccc1F. The zero-order valence-electron chi connectivity index (χ0n) is 11.4. The second-order valence-electron chi connectivity index (χ2n) is 4.53. The zero-order chi connectivity index (χ0) is 14.7. The summed E-state index contributed by atoms with van der Waals surface area (Å²) in [6.45, 7) is 1.99. The summed E-state index contributed by atoms with van der Waals surface area (Å²) < 4.78 is 39.8. The van der Waals surface area contributed by atoms with E-state index in [0.717, 1.165) is 12.1 Å². The smallest absolute Gasteiger partial charge is 0.305 e. The van der Waals surface area contributed by atoms with Gasteiger partial charge in [0, 0.05) is 32.2 Å². The number of hydrogen-bond donors (Lipinski definition) is 1. The molecule has 1 aromatic carbocycles. The monoisotopic (exact) mass is 361 g/mol. The van der Waals surface area contributed by atoms with Crippen LogP contribution in [0.5, 0.6) is 0 Å². The van der Waals surface area contributed by atoms with Gasteiger partial charge in [-0.05, 0) is 11.6 Å². The van der Waals surface area contributed by atoms with Crippen LogP contribution in [0.3, 0.4) is 0 Å². The zero-order valence-corrected chi connectivity index (χ0v) is 13.0. The van der Waals surface area contributed by atoms with Gasteiger partial charge >= 0.3 is 5.69 Å². The van der Waals surface area contributed by atoms with Crippen LogP contribution in [0, 0.1) is 15.9 Å². The van der Waals surface area contributed by atoms with E-state index < -0.39 is 28.9 Å². The first-order valence-electron chi connectivity index (χ1n) is 6.17. The molecule has 1 atom stereocenters. The van der Waals surface area contributed by atoms with Gasteiger partial charge in [0.05, 0.1) is 11.0 Å². The Kier molecular flexibility index (Phi) is 8.69. The molecule has 0 aliphatic carbocycles. The maximum absolute atomic E-state index is 13.3. The molecule has 0 spiro atoms. The number of nitro groups is 1. The summed E-state index contributed by atoms with van der Waals surface area (Å²) in [6.07, 6.45) is -2.70. The second-order valence-corrected chi connectivity index (χ2v) is 4.53. The van der Waals surface area contributed by atoms with Crippen molar-refractivity contribution < 1.29 is 18.1 Å². The van der Waals surface area contributed by atoms with Crippen molar-refractivity contribution in [1.29, 1.82) is 0 Å². The van der Waals surface area contributed by atoms with Crippen LogP contribution in [-0.2, 0) is 0 Å². The average molecular weight is 362 g/mol. The van der Waals surface area contributed by atoms with Gasteiger partial charge < -0.3 is 5.32 Å². The van der Waals surface area contributed by atoms with Crippen LogP contribution < -0.4 is 5.32 Å². The fourth-order valence-corrected chi connectivity index (χ4v) is 2.33. The fourth-order valence-electron chi connectivity index (χ4n) is 2.33. The predicted octanol–water partition coefficient (Wildman–Crippen LogP) is 2.79. The van der Waals surface area contributed by atoms with Crippen molar-refractivity contribution in [2.75, 3.05) is 26.2 Å². The maximum Gasteiger partial charge on any atom is 0.305 e. The van der Waals surface area contributed by atoms with Crippen LogP contribution in [0.25, 0.3) is 0 Å². The van der Waals surface area contributed by atoms with Gasteiger partial charge in [-0.25, -0.2) is 8.78 Å². The van der Waals surface area contributed by atoms with Crippen molar-refractivity contribution in [3.63, 3.8) is 0 Å². The number of nitro benzene ring substituents is 1. The molecular formula is C12H16Cl2F3N3O2. The molecule has 1 aromatic rings. The summed E-state index contributed by atoms with van der Waals surface area (Å²) >= 11 is 0. The van der Waals surface area contributed by atoms with Crippen LogP contribution >= 0.6 is 24.8 Å². The number of nitrogens with zero attached hydrogens (tertiary/aromatic N) is 2. The third-order valence-electron chi connectivity index (χ3n) is 3.29. The molecule has 0 aromatic heterocycles. The Morgan fingerprint density at radius 3 is 2.32 bits per heavy atom. The Balaban J connectivity index is 0.00000220. The van der Waals surface area contributed by atoms with Crippen LogP contribution in [0.15, 0.2) is 18.2 Å². The van der Waals surface area contributed by atoms with E-state index in [2.05, 4.69) is 5.32 Å². The Morgan fingerprint density at radius 1 is 1.23 bits per heavy atom. The Hall–Kier alpha value is -1.09. The van der Waals surface area contributed by atoms with Crippen molar-refractivity contribution in [3.05, 3.63) is 39.7 Å². The first-order chi connectivity index (χ1) is 9.50. The summed E-state index contributed by atoms with van der Waals surface area (Å²) in [6, 6.07) is 1.69. The standard InChI is InChI=1S/C12H14F3N3O2.2ClH/c13-9-2-1-8(7-10(9)18(19)20)11(12(14)15)17-5-3-16-4-6-17;;/h1-2,7,11-12,16H,3-6H2;2*1H/t11-;;/m0../s1. The van der Waals surface area contributed by atoms with Crippen molar-refractivity contribution in [3.8, 4) is 0 Å². The van der Waals surface area contributed by atoms with Gasteiger partial charge in [0.25, 0.3) is 6.43 Å². The number of piperazine rings is 1. The Morgan fingerprint density at radius 2 is 1.82 bits per heavy atom. The molecule has 0 bridgehead atoms. The van der Waals surface area contributed by atoms with Crippen LogP contribution in [-0.4, -0.2) is 42.4 Å². The highest BCUT2D eigenvalue weighted by molar-refractivity contribution is 5.85. The van der Waals surface area contributed by atoms with Gasteiger partial charge in [-0.3, -0.25) is 15.0 Å². The lowest BCUT2D eigenvalue weighted by Crippen LogP contribution is -2.46. The number of hydrogen-bond acceptors (Lipinski definition) is 4. The second kappa shape index (κ2) is 9.14. The van der Waals surface area contributed by atoms with E-state index in [-0.39, 0.29) is 30.4 Å². The molecule has 1 N–H and O–H groups in total. The van der Waals surface area contributed by atoms with E-state index in [0.29, 0.717) is 26.2 Å². The molecule has 2 rings (SSSR count). The highest BCUT2D eigenvalue weighted by Gasteiger charge is 2.31. The molecule has 1 aliphatic heterocycles. The van der Waals surface area contributed by atoms with Gasteiger partial charge in [0.15, 0.2) is 0 Å². The van der Waals surface area contributed by atoms with Crippen molar-refractivity contribution in [2.45, 2.75) is 12.5 Å². The van der Waals surface area contributed by atoms with Crippen LogP contribution in [0.4, 0.5) is 18.9 Å². The molecule has 0 amide bonds. The summed E-state index contributed by atoms with van der Waals surface area (Å²) in [5, 5.41) is 13.7. The molecule has 1 fully saturated rings. The van der Waals surface area contributed by atoms with E-state index in [1.165, 1.54) is 6.07 Å². The lowest BCUT2D eigenvalue weighted by molar-refractivity contribution is -0.387. The van der Waals surface area contributed by atoms with E-state index in [9.17, 15) is 23.3 Å². The van der Waals surface area contributed by atoms with Gasteiger partial charge in [0.2, 0.25) is 5.82 Å².